The summed E-state index contributed by atoms with van der Waals surface area (Å²) in [6.07, 6.45) is 3.76. The average molecular weight is 296 g/mol. The molecular weight excluding hydrogens is 276 g/mol. The van der Waals surface area contributed by atoms with Crippen LogP contribution in [0.15, 0.2) is 42.5 Å². The molecule has 0 heterocycles. The Morgan fingerprint density at radius 1 is 1.14 bits per heavy atom. The van der Waals surface area contributed by atoms with E-state index in [0.29, 0.717) is 4.99 Å². The third-order valence-corrected chi connectivity index (χ3v) is 4.39. The van der Waals surface area contributed by atoms with Gasteiger partial charge >= 0.3 is 0 Å². The van der Waals surface area contributed by atoms with Gasteiger partial charge in [0, 0.05) is 24.8 Å². The second kappa shape index (κ2) is 5.86. The summed E-state index contributed by atoms with van der Waals surface area (Å²) in [7, 11) is 2.10. The van der Waals surface area contributed by atoms with Gasteiger partial charge in [-0.15, -0.1) is 0 Å². The van der Waals surface area contributed by atoms with Crippen molar-refractivity contribution in [1.29, 1.82) is 0 Å². The highest BCUT2D eigenvalue weighted by molar-refractivity contribution is 7.80. The maximum Gasteiger partial charge on any atom is 0.104 e. The number of hydrogen-bond acceptors (Lipinski definition) is 2. The van der Waals surface area contributed by atoms with Crippen molar-refractivity contribution in [3.05, 3.63) is 64.7 Å². The fourth-order valence-electron chi connectivity index (χ4n) is 2.99. The molecule has 0 atom stereocenters. The number of thiocarbonyl (C=S) groups is 1. The lowest BCUT2D eigenvalue weighted by molar-refractivity contribution is 0.907. The number of nitrogens with two attached hydrogens (primary N) is 1. The molecule has 0 unspecified atom stereocenters. The summed E-state index contributed by atoms with van der Waals surface area (Å²) >= 11 is 5.05. The van der Waals surface area contributed by atoms with Gasteiger partial charge in [-0.05, 0) is 48.1 Å². The third-order valence-electron chi connectivity index (χ3n) is 4.15. The van der Waals surface area contributed by atoms with Crippen LogP contribution in [0.2, 0.25) is 0 Å². The molecule has 21 heavy (non-hydrogen) atoms. The average Bonchev–Trinajstić information content (AvgIpc) is 2.95. The monoisotopic (exact) mass is 296 g/mol. The summed E-state index contributed by atoms with van der Waals surface area (Å²) in [5, 5.41) is 0. The molecule has 0 fully saturated rings. The molecule has 0 bridgehead atoms. The van der Waals surface area contributed by atoms with Gasteiger partial charge < -0.3 is 10.6 Å². The summed E-state index contributed by atoms with van der Waals surface area (Å²) in [4.78, 5) is 2.68. The van der Waals surface area contributed by atoms with E-state index in [9.17, 15) is 0 Å². The van der Waals surface area contributed by atoms with E-state index in [4.69, 9.17) is 18.0 Å². The molecule has 3 rings (SSSR count). The largest absolute Gasteiger partial charge is 0.389 e. The molecule has 1 aliphatic carbocycles. The van der Waals surface area contributed by atoms with Crippen LogP contribution in [0.1, 0.15) is 28.7 Å². The van der Waals surface area contributed by atoms with Gasteiger partial charge in [0.15, 0.2) is 0 Å². The van der Waals surface area contributed by atoms with Crippen molar-refractivity contribution in [2.24, 2.45) is 5.73 Å². The Hall–Kier alpha value is -1.87. The van der Waals surface area contributed by atoms with E-state index in [1.165, 1.54) is 36.0 Å². The minimum absolute atomic E-state index is 0.447. The minimum atomic E-state index is 0.447. The van der Waals surface area contributed by atoms with Crippen molar-refractivity contribution in [3.8, 4) is 0 Å². The molecule has 0 spiro atoms. The topological polar surface area (TPSA) is 29.3 Å². The first-order chi connectivity index (χ1) is 10.1. The number of hydrogen-bond donors (Lipinski definition) is 1. The van der Waals surface area contributed by atoms with E-state index in [-0.39, 0.29) is 0 Å². The molecular formula is C18H20N2S. The van der Waals surface area contributed by atoms with Crippen LogP contribution in [0.4, 0.5) is 5.69 Å². The van der Waals surface area contributed by atoms with Gasteiger partial charge in [0.05, 0.1) is 0 Å². The van der Waals surface area contributed by atoms with Crippen molar-refractivity contribution < 1.29 is 0 Å². The van der Waals surface area contributed by atoms with Crippen LogP contribution in [-0.4, -0.2) is 12.0 Å². The molecule has 2 aromatic carbocycles. The van der Waals surface area contributed by atoms with E-state index in [0.717, 1.165) is 17.8 Å². The molecule has 0 saturated heterocycles. The van der Waals surface area contributed by atoms with Crippen molar-refractivity contribution in [1.82, 2.24) is 0 Å². The van der Waals surface area contributed by atoms with E-state index in [2.05, 4.69) is 42.3 Å². The van der Waals surface area contributed by atoms with Crippen LogP contribution in [0.25, 0.3) is 0 Å². The van der Waals surface area contributed by atoms with Crippen LogP contribution >= 0.6 is 12.2 Å². The van der Waals surface area contributed by atoms with Crippen molar-refractivity contribution in [3.63, 3.8) is 0 Å². The molecule has 108 valence electrons. The lowest BCUT2D eigenvalue weighted by Crippen LogP contribution is -2.17. The van der Waals surface area contributed by atoms with Gasteiger partial charge in [0.25, 0.3) is 0 Å². The zero-order valence-electron chi connectivity index (χ0n) is 12.3. The Bertz CT molecular complexity index is 679. The maximum absolute atomic E-state index is 5.71. The zero-order valence-corrected chi connectivity index (χ0v) is 13.1. The Balaban J connectivity index is 1.78. The number of anilines is 1. The minimum Gasteiger partial charge on any atom is -0.389 e. The number of benzene rings is 2. The van der Waals surface area contributed by atoms with Gasteiger partial charge in [-0.2, -0.15) is 0 Å². The Morgan fingerprint density at radius 2 is 1.95 bits per heavy atom. The van der Waals surface area contributed by atoms with E-state index < -0.39 is 0 Å². The summed E-state index contributed by atoms with van der Waals surface area (Å²) in [5.41, 5.74) is 12.2. The second-order valence-corrected chi connectivity index (χ2v) is 6.17. The van der Waals surface area contributed by atoms with Gasteiger partial charge in [0.1, 0.15) is 4.99 Å². The van der Waals surface area contributed by atoms with Crippen LogP contribution in [0, 0.1) is 0 Å². The highest BCUT2D eigenvalue weighted by Crippen LogP contribution is 2.24. The van der Waals surface area contributed by atoms with Crippen LogP contribution in [-0.2, 0) is 19.4 Å². The van der Waals surface area contributed by atoms with Gasteiger partial charge in [-0.1, -0.05) is 42.5 Å². The molecule has 0 aliphatic heterocycles. The maximum atomic E-state index is 5.71. The second-order valence-electron chi connectivity index (χ2n) is 5.73. The predicted molar refractivity (Wildman–Crippen MR) is 92.9 cm³/mol. The molecule has 1 aliphatic rings. The number of rotatable bonds is 4. The smallest absolute Gasteiger partial charge is 0.104 e. The molecule has 3 heteroatoms. The molecule has 2 aromatic rings. The van der Waals surface area contributed by atoms with Crippen LogP contribution in [0.3, 0.4) is 0 Å². The third kappa shape index (κ3) is 3.08. The Morgan fingerprint density at radius 3 is 2.76 bits per heavy atom. The highest BCUT2D eigenvalue weighted by Gasteiger charge is 2.11. The van der Waals surface area contributed by atoms with Gasteiger partial charge in [0.2, 0.25) is 0 Å². The summed E-state index contributed by atoms with van der Waals surface area (Å²) in [5.74, 6) is 0. The summed E-state index contributed by atoms with van der Waals surface area (Å²) in [6, 6.07) is 15.0. The lowest BCUT2D eigenvalue weighted by Gasteiger charge is -2.20. The molecule has 2 N–H and O–H groups in total. The highest BCUT2D eigenvalue weighted by atomic mass is 32.1. The lowest BCUT2D eigenvalue weighted by atomic mass is 10.1. The zero-order chi connectivity index (χ0) is 14.8. The van der Waals surface area contributed by atoms with E-state index in [1.807, 2.05) is 12.1 Å². The summed E-state index contributed by atoms with van der Waals surface area (Å²) in [6.45, 7) is 0.897. The first kappa shape index (κ1) is 14.1. The van der Waals surface area contributed by atoms with Gasteiger partial charge in [-0.3, -0.25) is 0 Å². The molecule has 0 amide bonds. The summed E-state index contributed by atoms with van der Waals surface area (Å²) < 4.78 is 0. The van der Waals surface area contributed by atoms with Crippen LogP contribution < -0.4 is 10.6 Å². The van der Waals surface area contributed by atoms with Crippen molar-refractivity contribution in [2.75, 3.05) is 11.9 Å². The first-order valence-corrected chi connectivity index (χ1v) is 7.76. The quantitative estimate of drug-likeness (QED) is 0.876. The molecule has 0 radical (unpaired) electrons. The number of fused-ring (bicyclic) bond motifs is 1. The van der Waals surface area contributed by atoms with Crippen molar-refractivity contribution >= 4 is 22.9 Å². The fourth-order valence-corrected chi connectivity index (χ4v) is 3.11. The van der Waals surface area contributed by atoms with Gasteiger partial charge in [-0.25, -0.2) is 0 Å². The van der Waals surface area contributed by atoms with Crippen molar-refractivity contribution in [2.45, 2.75) is 25.8 Å². The number of nitrogens with zero attached hydrogens (tertiary/aromatic N) is 1. The fraction of sp³-hybridized carbons (Fsp3) is 0.278. The van der Waals surface area contributed by atoms with E-state index in [1.54, 1.807) is 0 Å². The molecule has 2 nitrogen and oxygen atoms in total. The predicted octanol–water partition coefficient (Wildman–Crippen LogP) is 3.45. The normalized spacial score (nSPS) is 13.0. The standard InChI is InChI=1S/C18H20N2S/c1-20(17-7-3-6-16(11-17)18(19)21)12-13-8-9-14-4-2-5-15(14)10-13/h3,6-11H,2,4-5,12H2,1H3,(H2,19,21). The Labute approximate surface area is 131 Å². The SMILES string of the molecule is CN(Cc1ccc2c(c1)CCC2)c1cccc(C(N)=S)c1. The molecule has 0 saturated carbocycles. The Kier molecular flexibility index (Phi) is 3.93. The number of aryl methyl sites for hydroxylation is 2. The first-order valence-electron chi connectivity index (χ1n) is 7.35. The van der Waals surface area contributed by atoms with Crippen LogP contribution in [0.5, 0.6) is 0 Å². The molecule has 0 aromatic heterocycles. The van der Waals surface area contributed by atoms with E-state index >= 15 is 0 Å².